The minimum atomic E-state index is -0.469. The highest BCUT2D eigenvalue weighted by Gasteiger charge is 2.39. The van der Waals surface area contributed by atoms with Gasteiger partial charge in [-0.1, -0.05) is 12.8 Å². The topological polar surface area (TPSA) is 46.6 Å². The van der Waals surface area contributed by atoms with Crippen molar-refractivity contribution in [1.29, 1.82) is 0 Å². The lowest BCUT2D eigenvalue weighted by molar-refractivity contribution is -0.130. The average Bonchev–Trinajstić information content (AvgIpc) is 2.36. The summed E-state index contributed by atoms with van der Waals surface area (Å²) in [6, 6.07) is 0. The van der Waals surface area contributed by atoms with Crippen LogP contribution in [0.25, 0.3) is 0 Å². The molecule has 2 unspecified atom stereocenters. The summed E-state index contributed by atoms with van der Waals surface area (Å²) in [5.41, 5.74) is -0.469. The van der Waals surface area contributed by atoms with E-state index in [0.717, 1.165) is 25.7 Å². The Morgan fingerprint density at radius 2 is 1.67 bits per heavy atom. The average molecular weight is 253 g/mol. The largest absolute Gasteiger partial charge is 0.444 e. The van der Waals surface area contributed by atoms with Gasteiger partial charge in [0, 0.05) is 24.9 Å². The molecule has 0 N–H and O–H groups in total. The van der Waals surface area contributed by atoms with Crippen LogP contribution in [0.1, 0.15) is 46.5 Å². The van der Waals surface area contributed by atoms with E-state index in [-0.39, 0.29) is 17.9 Å². The van der Waals surface area contributed by atoms with Gasteiger partial charge in [0.1, 0.15) is 11.4 Å². The lowest BCUT2D eigenvalue weighted by Crippen LogP contribution is -2.49. The number of hydrogen-bond donors (Lipinski definition) is 0. The maximum absolute atomic E-state index is 12.1. The lowest BCUT2D eigenvalue weighted by atomic mass is 9.87. The molecule has 2 bridgehead atoms. The highest BCUT2D eigenvalue weighted by atomic mass is 16.6. The molecule has 1 amide bonds. The maximum atomic E-state index is 12.1. The van der Waals surface area contributed by atoms with Gasteiger partial charge in [0.25, 0.3) is 0 Å². The van der Waals surface area contributed by atoms with Gasteiger partial charge in [0.2, 0.25) is 0 Å². The standard InChI is InChI=1S/C14H23NO3/c1-14(2,3)18-13(17)15-8-10-6-4-5-7-11(9-15)12(10)16/h10-11H,4-9H2,1-3H3. The second-order valence-corrected chi connectivity index (χ2v) is 6.47. The van der Waals surface area contributed by atoms with Crippen molar-refractivity contribution >= 4 is 11.9 Å². The van der Waals surface area contributed by atoms with Gasteiger partial charge in [-0.15, -0.1) is 0 Å². The maximum Gasteiger partial charge on any atom is 0.410 e. The van der Waals surface area contributed by atoms with E-state index < -0.39 is 5.60 Å². The zero-order valence-electron chi connectivity index (χ0n) is 11.6. The van der Waals surface area contributed by atoms with Crippen molar-refractivity contribution in [1.82, 2.24) is 4.90 Å². The van der Waals surface area contributed by atoms with Gasteiger partial charge < -0.3 is 9.64 Å². The number of rotatable bonds is 0. The first kappa shape index (κ1) is 13.4. The van der Waals surface area contributed by atoms with E-state index in [4.69, 9.17) is 4.74 Å². The molecule has 2 rings (SSSR count). The van der Waals surface area contributed by atoms with Crippen molar-refractivity contribution in [3.05, 3.63) is 0 Å². The summed E-state index contributed by atoms with van der Waals surface area (Å²) >= 11 is 0. The minimum Gasteiger partial charge on any atom is -0.444 e. The number of ether oxygens (including phenoxy) is 1. The van der Waals surface area contributed by atoms with E-state index in [1.54, 1.807) is 4.90 Å². The number of piperidine rings is 1. The number of likely N-dealkylation sites (tertiary alicyclic amines) is 1. The molecular formula is C14H23NO3. The van der Waals surface area contributed by atoms with Crippen LogP contribution in [0, 0.1) is 11.8 Å². The molecule has 0 aromatic heterocycles. The van der Waals surface area contributed by atoms with Crippen molar-refractivity contribution in [2.24, 2.45) is 11.8 Å². The Morgan fingerprint density at radius 1 is 1.17 bits per heavy atom. The molecule has 1 heterocycles. The third-order valence-electron chi connectivity index (χ3n) is 3.69. The van der Waals surface area contributed by atoms with Crippen LogP contribution in [0.3, 0.4) is 0 Å². The lowest BCUT2D eigenvalue weighted by Gasteiger charge is -2.36. The molecule has 1 aliphatic carbocycles. The van der Waals surface area contributed by atoms with E-state index in [9.17, 15) is 9.59 Å². The molecule has 102 valence electrons. The molecule has 1 saturated heterocycles. The predicted octanol–water partition coefficient (Wildman–Crippen LogP) is 2.61. The predicted molar refractivity (Wildman–Crippen MR) is 68.3 cm³/mol. The summed E-state index contributed by atoms with van der Waals surface area (Å²) < 4.78 is 5.39. The molecule has 0 radical (unpaired) electrons. The van der Waals surface area contributed by atoms with Crippen molar-refractivity contribution in [2.75, 3.05) is 13.1 Å². The van der Waals surface area contributed by atoms with Crippen molar-refractivity contribution < 1.29 is 14.3 Å². The zero-order valence-corrected chi connectivity index (χ0v) is 11.6. The van der Waals surface area contributed by atoms with Gasteiger partial charge >= 0.3 is 6.09 Å². The van der Waals surface area contributed by atoms with Gasteiger partial charge in [-0.25, -0.2) is 4.79 Å². The molecule has 4 heteroatoms. The van der Waals surface area contributed by atoms with Crippen molar-refractivity contribution in [2.45, 2.75) is 52.1 Å². The van der Waals surface area contributed by atoms with Crippen LogP contribution in [-0.4, -0.2) is 35.5 Å². The summed E-state index contributed by atoms with van der Waals surface area (Å²) in [5.74, 6) is 0.449. The first-order valence-electron chi connectivity index (χ1n) is 6.88. The monoisotopic (exact) mass is 253 g/mol. The summed E-state index contributed by atoms with van der Waals surface area (Å²) in [6.45, 7) is 6.70. The molecule has 4 nitrogen and oxygen atoms in total. The van der Waals surface area contributed by atoms with Crippen LogP contribution in [-0.2, 0) is 9.53 Å². The smallest absolute Gasteiger partial charge is 0.410 e. The van der Waals surface area contributed by atoms with E-state index >= 15 is 0 Å². The summed E-state index contributed by atoms with van der Waals surface area (Å²) in [5, 5.41) is 0. The fourth-order valence-corrected chi connectivity index (χ4v) is 2.84. The van der Waals surface area contributed by atoms with E-state index in [0.29, 0.717) is 18.9 Å². The van der Waals surface area contributed by atoms with E-state index in [1.165, 1.54) is 0 Å². The minimum absolute atomic E-state index is 0.0405. The molecule has 0 spiro atoms. The van der Waals surface area contributed by atoms with Crippen LogP contribution in [0.5, 0.6) is 0 Å². The van der Waals surface area contributed by atoms with Gasteiger partial charge in [0.15, 0.2) is 0 Å². The van der Waals surface area contributed by atoms with Crippen LogP contribution >= 0.6 is 0 Å². The molecule has 18 heavy (non-hydrogen) atoms. The molecule has 2 aliphatic rings. The Kier molecular flexibility index (Phi) is 3.64. The molecular weight excluding hydrogens is 230 g/mol. The number of amides is 1. The molecule has 2 atom stereocenters. The second-order valence-electron chi connectivity index (χ2n) is 6.47. The molecule has 0 aromatic rings. The van der Waals surface area contributed by atoms with Gasteiger partial charge in [0.05, 0.1) is 0 Å². The molecule has 1 saturated carbocycles. The number of ketones is 1. The van der Waals surface area contributed by atoms with Gasteiger partial charge in [-0.3, -0.25) is 4.79 Å². The number of carbonyl (C=O) groups is 2. The number of hydrogen-bond acceptors (Lipinski definition) is 3. The molecule has 1 aliphatic heterocycles. The number of Topliss-reactive ketones (excluding diaryl/α,β-unsaturated/α-hetero) is 1. The Morgan fingerprint density at radius 3 is 2.11 bits per heavy atom. The van der Waals surface area contributed by atoms with Crippen LogP contribution in [0.4, 0.5) is 4.79 Å². The second kappa shape index (κ2) is 4.90. The summed E-state index contributed by atoms with van der Waals surface area (Å²) in [6.07, 6.45) is 3.79. The molecule has 0 aromatic carbocycles. The summed E-state index contributed by atoms with van der Waals surface area (Å²) in [7, 11) is 0. The SMILES string of the molecule is CC(C)(C)OC(=O)N1CC2CCCCC(C1)C2=O. The summed E-state index contributed by atoms with van der Waals surface area (Å²) in [4.78, 5) is 25.9. The quantitative estimate of drug-likeness (QED) is 0.666. The Balaban J connectivity index is 2.04. The van der Waals surface area contributed by atoms with Crippen molar-refractivity contribution in [3.63, 3.8) is 0 Å². The number of nitrogens with zero attached hydrogens (tertiary/aromatic N) is 1. The van der Waals surface area contributed by atoms with Gasteiger partial charge in [-0.05, 0) is 33.6 Å². The van der Waals surface area contributed by atoms with Crippen molar-refractivity contribution in [3.8, 4) is 0 Å². The number of fused-ring (bicyclic) bond motifs is 2. The van der Waals surface area contributed by atoms with Crippen LogP contribution in [0.15, 0.2) is 0 Å². The van der Waals surface area contributed by atoms with Crippen LogP contribution < -0.4 is 0 Å². The van der Waals surface area contributed by atoms with E-state index in [1.807, 2.05) is 20.8 Å². The normalized spacial score (nSPS) is 28.8. The van der Waals surface area contributed by atoms with E-state index in [2.05, 4.69) is 0 Å². The fraction of sp³-hybridized carbons (Fsp3) is 0.857. The third kappa shape index (κ3) is 3.03. The zero-order chi connectivity index (χ0) is 13.3. The third-order valence-corrected chi connectivity index (χ3v) is 3.69. The fourth-order valence-electron chi connectivity index (χ4n) is 2.84. The Bertz CT molecular complexity index is 327. The molecule has 2 fully saturated rings. The highest BCUT2D eigenvalue weighted by Crippen LogP contribution is 2.30. The number of carbonyl (C=O) groups excluding carboxylic acids is 2. The Labute approximate surface area is 109 Å². The first-order chi connectivity index (χ1) is 8.37. The van der Waals surface area contributed by atoms with Crippen LogP contribution in [0.2, 0.25) is 0 Å². The highest BCUT2D eigenvalue weighted by molar-refractivity contribution is 5.86. The first-order valence-corrected chi connectivity index (χ1v) is 6.88. The van der Waals surface area contributed by atoms with Gasteiger partial charge in [-0.2, -0.15) is 0 Å². The Hall–Kier alpha value is -1.06.